The molecule has 34 heavy (non-hydrogen) atoms. The normalized spacial score (nSPS) is 13.9. The zero-order valence-corrected chi connectivity index (χ0v) is 19.6. The van der Waals surface area contributed by atoms with E-state index < -0.39 is 21.7 Å². The highest BCUT2D eigenvalue weighted by molar-refractivity contribution is 7.92. The monoisotopic (exact) mass is 483 g/mol. The Morgan fingerprint density at radius 3 is 2.29 bits per heavy atom. The maximum atomic E-state index is 14.0. The van der Waals surface area contributed by atoms with Crippen LogP contribution in [0, 0.1) is 5.82 Å². The van der Waals surface area contributed by atoms with Crippen LogP contribution in [0.4, 0.5) is 21.5 Å². The molecule has 1 amide bonds. The standard InChI is InChI=1S/C25H26FN3O4S/c1-33-20-12-9-18(10-13-20)28-34(31,32)24-17-19(11-14-23(24)29-15-5-2-6-16-29)27-25(30)21-7-3-4-8-22(21)26/h3-4,7-14,17,28H,2,5-6,15-16H2,1H3,(H,27,30). The molecule has 1 heterocycles. The summed E-state index contributed by atoms with van der Waals surface area (Å²) >= 11 is 0. The number of carbonyl (C=O) groups is 1. The first-order chi connectivity index (χ1) is 16.4. The van der Waals surface area contributed by atoms with Gasteiger partial charge in [-0.05, 0) is 73.9 Å². The van der Waals surface area contributed by atoms with E-state index in [2.05, 4.69) is 10.0 Å². The molecule has 1 aliphatic heterocycles. The number of ether oxygens (including phenoxy) is 1. The summed E-state index contributed by atoms with van der Waals surface area (Å²) in [4.78, 5) is 14.7. The number of rotatable bonds is 7. The molecule has 0 unspecified atom stereocenters. The van der Waals surface area contributed by atoms with Crippen molar-refractivity contribution >= 4 is 33.0 Å². The van der Waals surface area contributed by atoms with Gasteiger partial charge in [-0.3, -0.25) is 9.52 Å². The molecule has 0 saturated carbocycles. The molecule has 0 radical (unpaired) electrons. The minimum Gasteiger partial charge on any atom is -0.497 e. The van der Waals surface area contributed by atoms with Crippen LogP contribution < -0.4 is 19.7 Å². The summed E-state index contributed by atoms with van der Waals surface area (Å²) in [5, 5.41) is 2.61. The topological polar surface area (TPSA) is 87.7 Å². The molecule has 2 N–H and O–H groups in total. The molecule has 4 rings (SSSR count). The molecule has 3 aromatic rings. The van der Waals surface area contributed by atoms with Gasteiger partial charge < -0.3 is 15.0 Å². The van der Waals surface area contributed by atoms with Crippen molar-refractivity contribution in [3.63, 3.8) is 0 Å². The molecule has 0 atom stereocenters. The summed E-state index contributed by atoms with van der Waals surface area (Å²) in [5.74, 6) is -0.705. The Morgan fingerprint density at radius 2 is 1.62 bits per heavy atom. The van der Waals surface area contributed by atoms with Gasteiger partial charge in [0.25, 0.3) is 15.9 Å². The van der Waals surface area contributed by atoms with E-state index in [0.29, 0.717) is 17.1 Å². The molecule has 0 aromatic heterocycles. The van der Waals surface area contributed by atoms with Crippen molar-refractivity contribution in [2.45, 2.75) is 24.2 Å². The largest absolute Gasteiger partial charge is 0.497 e. The Morgan fingerprint density at radius 1 is 0.941 bits per heavy atom. The fourth-order valence-corrected chi connectivity index (χ4v) is 5.23. The first-order valence-electron chi connectivity index (χ1n) is 11.0. The van der Waals surface area contributed by atoms with Crippen LogP contribution in [0.5, 0.6) is 5.75 Å². The third-order valence-corrected chi connectivity index (χ3v) is 7.08. The second-order valence-electron chi connectivity index (χ2n) is 8.00. The lowest BCUT2D eigenvalue weighted by molar-refractivity contribution is 0.102. The second-order valence-corrected chi connectivity index (χ2v) is 9.65. The van der Waals surface area contributed by atoms with Crippen LogP contribution in [-0.2, 0) is 10.0 Å². The van der Waals surface area contributed by atoms with Crippen molar-refractivity contribution in [2.24, 2.45) is 0 Å². The van der Waals surface area contributed by atoms with E-state index in [9.17, 15) is 17.6 Å². The zero-order chi connectivity index (χ0) is 24.1. The van der Waals surface area contributed by atoms with Crippen LogP contribution in [0.1, 0.15) is 29.6 Å². The smallest absolute Gasteiger partial charge is 0.264 e. The van der Waals surface area contributed by atoms with Gasteiger partial charge in [0.05, 0.1) is 18.4 Å². The number of nitrogens with one attached hydrogen (secondary N) is 2. The first-order valence-corrected chi connectivity index (χ1v) is 12.5. The maximum absolute atomic E-state index is 14.0. The van der Waals surface area contributed by atoms with E-state index in [1.807, 2.05) is 4.90 Å². The van der Waals surface area contributed by atoms with Crippen LogP contribution in [-0.4, -0.2) is 34.5 Å². The highest BCUT2D eigenvalue weighted by Gasteiger charge is 2.25. The van der Waals surface area contributed by atoms with E-state index in [4.69, 9.17) is 4.74 Å². The third-order valence-electron chi connectivity index (χ3n) is 5.66. The number of piperidine rings is 1. The molecule has 9 heteroatoms. The molecule has 0 bridgehead atoms. The lowest BCUT2D eigenvalue weighted by Gasteiger charge is -2.30. The summed E-state index contributed by atoms with van der Waals surface area (Å²) in [7, 11) is -2.47. The number of anilines is 3. The van der Waals surface area contributed by atoms with Crippen LogP contribution in [0.25, 0.3) is 0 Å². The lowest BCUT2D eigenvalue weighted by atomic mass is 10.1. The first kappa shape index (κ1) is 23.6. The summed E-state index contributed by atoms with van der Waals surface area (Å²) in [6.45, 7) is 1.48. The van der Waals surface area contributed by atoms with Gasteiger partial charge in [-0.2, -0.15) is 0 Å². The highest BCUT2D eigenvalue weighted by atomic mass is 32.2. The Bertz CT molecular complexity index is 1270. The van der Waals surface area contributed by atoms with Gasteiger partial charge in [0, 0.05) is 24.5 Å². The Kier molecular flexibility index (Phi) is 7.02. The maximum Gasteiger partial charge on any atom is 0.264 e. The third kappa shape index (κ3) is 5.31. The van der Waals surface area contributed by atoms with E-state index >= 15 is 0 Å². The average Bonchev–Trinajstić information content (AvgIpc) is 2.85. The van der Waals surface area contributed by atoms with Gasteiger partial charge >= 0.3 is 0 Å². The van der Waals surface area contributed by atoms with E-state index in [1.165, 1.54) is 31.4 Å². The molecule has 0 aliphatic carbocycles. The number of amides is 1. The van der Waals surface area contributed by atoms with Crippen molar-refractivity contribution in [2.75, 3.05) is 35.1 Å². The summed E-state index contributed by atoms with van der Waals surface area (Å²) < 4.78 is 48.6. The van der Waals surface area contributed by atoms with E-state index in [0.717, 1.165) is 32.4 Å². The molecule has 0 spiro atoms. The molecule has 1 fully saturated rings. The molecule has 3 aromatic carbocycles. The minimum atomic E-state index is -4.00. The van der Waals surface area contributed by atoms with Gasteiger partial charge in [0.15, 0.2) is 0 Å². The van der Waals surface area contributed by atoms with Crippen molar-refractivity contribution in [3.8, 4) is 5.75 Å². The van der Waals surface area contributed by atoms with Crippen LogP contribution in [0.3, 0.4) is 0 Å². The number of benzene rings is 3. The van der Waals surface area contributed by atoms with Crippen LogP contribution >= 0.6 is 0 Å². The molecule has 1 saturated heterocycles. The summed E-state index contributed by atoms with van der Waals surface area (Å²) in [6.07, 6.45) is 3.04. The van der Waals surface area contributed by atoms with Gasteiger partial charge in [-0.25, -0.2) is 12.8 Å². The predicted molar refractivity (Wildman–Crippen MR) is 131 cm³/mol. The zero-order valence-electron chi connectivity index (χ0n) is 18.8. The Hall–Kier alpha value is -3.59. The number of nitrogens with zero attached hydrogens (tertiary/aromatic N) is 1. The number of hydrogen-bond donors (Lipinski definition) is 2. The van der Waals surface area contributed by atoms with Crippen LogP contribution in [0.2, 0.25) is 0 Å². The lowest BCUT2D eigenvalue weighted by Crippen LogP contribution is -2.31. The number of methoxy groups -OCH3 is 1. The molecule has 7 nitrogen and oxygen atoms in total. The van der Waals surface area contributed by atoms with Gasteiger partial charge in [-0.1, -0.05) is 12.1 Å². The van der Waals surface area contributed by atoms with Gasteiger partial charge in [0.1, 0.15) is 16.5 Å². The van der Waals surface area contributed by atoms with E-state index in [-0.39, 0.29) is 16.1 Å². The summed E-state index contributed by atoms with van der Waals surface area (Å²) in [6, 6.07) is 16.9. The fourth-order valence-electron chi connectivity index (χ4n) is 3.92. The second kappa shape index (κ2) is 10.1. The van der Waals surface area contributed by atoms with Crippen LogP contribution in [0.15, 0.2) is 71.6 Å². The van der Waals surface area contributed by atoms with Crippen molar-refractivity contribution in [1.82, 2.24) is 0 Å². The molecular weight excluding hydrogens is 457 g/mol. The molecule has 178 valence electrons. The average molecular weight is 484 g/mol. The minimum absolute atomic E-state index is 0.0385. The van der Waals surface area contributed by atoms with Crippen molar-refractivity contribution in [3.05, 3.63) is 78.1 Å². The number of halogens is 1. The van der Waals surface area contributed by atoms with E-state index in [1.54, 1.807) is 42.5 Å². The van der Waals surface area contributed by atoms with Crippen molar-refractivity contribution in [1.29, 1.82) is 0 Å². The van der Waals surface area contributed by atoms with Crippen molar-refractivity contribution < 1.29 is 22.3 Å². The molecule has 1 aliphatic rings. The number of carbonyl (C=O) groups excluding carboxylic acids is 1. The number of sulfonamides is 1. The highest BCUT2D eigenvalue weighted by Crippen LogP contribution is 2.32. The SMILES string of the molecule is COc1ccc(NS(=O)(=O)c2cc(NC(=O)c3ccccc3F)ccc2N2CCCCC2)cc1. The Labute approximate surface area is 198 Å². The summed E-state index contributed by atoms with van der Waals surface area (Å²) in [5.41, 5.74) is 1.07. The van der Waals surface area contributed by atoms with Gasteiger partial charge in [0.2, 0.25) is 0 Å². The number of hydrogen-bond acceptors (Lipinski definition) is 5. The van der Waals surface area contributed by atoms with Gasteiger partial charge in [-0.15, -0.1) is 0 Å². The fraction of sp³-hybridized carbons (Fsp3) is 0.240. The predicted octanol–water partition coefficient (Wildman–Crippen LogP) is 4.88. The Balaban J connectivity index is 1.68. The molecular formula is C25H26FN3O4S. The quantitative estimate of drug-likeness (QED) is 0.500.